The quantitative estimate of drug-likeness (QED) is 0.601. The Morgan fingerprint density at radius 2 is 1.97 bits per heavy atom. The molecule has 4 rings (SSSR count). The number of rotatable bonds is 5. The second-order valence-electron chi connectivity index (χ2n) is 8.87. The fourth-order valence-electron chi connectivity index (χ4n) is 4.54. The van der Waals surface area contributed by atoms with Crippen molar-refractivity contribution in [1.29, 1.82) is 0 Å². The topological polar surface area (TPSA) is 71.5 Å². The number of anilines is 1. The molecular weight excluding hydrogens is 414 g/mol. The van der Waals surface area contributed by atoms with Crippen molar-refractivity contribution < 1.29 is 14.3 Å². The molecule has 0 saturated heterocycles. The van der Waals surface area contributed by atoms with E-state index >= 15 is 0 Å². The molecular formula is C27H31N3O3. The first-order chi connectivity index (χ1) is 15.8. The molecule has 6 nitrogen and oxygen atoms in total. The molecule has 1 aliphatic rings. The van der Waals surface area contributed by atoms with E-state index in [4.69, 9.17) is 4.74 Å². The van der Waals surface area contributed by atoms with E-state index < -0.39 is 0 Å². The van der Waals surface area contributed by atoms with Crippen LogP contribution in [0.5, 0.6) is 5.75 Å². The summed E-state index contributed by atoms with van der Waals surface area (Å²) in [7, 11) is 1.62. The Hall–Kier alpha value is -3.41. The molecule has 0 radical (unpaired) electrons. The highest BCUT2D eigenvalue weighted by atomic mass is 16.5. The molecule has 0 aliphatic carbocycles. The summed E-state index contributed by atoms with van der Waals surface area (Å²) >= 11 is 0. The number of hydrogen-bond acceptors (Lipinski definition) is 4. The SMILES string of the molecule is CC[C@H](C)NC(=O)[C@H]1C[C@H](C)N(C(=O)c2cc3cc(OC)ccc3nc2C)c2ccccc21. The van der Waals surface area contributed by atoms with E-state index in [1.807, 2.05) is 74.2 Å². The summed E-state index contributed by atoms with van der Waals surface area (Å²) in [6, 6.07) is 15.2. The first kappa shape index (κ1) is 22.8. The van der Waals surface area contributed by atoms with Crippen molar-refractivity contribution in [2.45, 2.75) is 58.5 Å². The molecule has 3 atom stereocenters. The number of methoxy groups -OCH3 is 1. The van der Waals surface area contributed by atoms with Crippen LogP contribution in [0, 0.1) is 6.92 Å². The first-order valence-corrected chi connectivity index (χ1v) is 11.5. The normalized spacial score (nSPS) is 18.5. The highest BCUT2D eigenvalue weighted by Crippen LogP contribution is 2.39. The third-order valence-electron chi connectivity index (χ3n) is 6.57. The number of aryl methyl sites for hydroxylation is 1. The van der Waals surface area contributed by atoms with Crippen LogP contribution < -0.4 is 15.0 Å². The Kier molecular flexibility index (Phi) is 6.36. The lowest BCUT2D eigenvalue weighted by Crippen LogP contribution is -2.47. The molecule has 1 aliphatic heterocycles. The molecule has 2 aromatic carbocycles. The Morgan fingerprint density at radius 1 is 1.21 bits per heavy atom. The smallest absolute Gasteiger partial charge is 0.260 e. The van der Waals surface area contributed by atoms with Crippen molar-refractivity contribution in [2.75, 3.05) is 12.0 Å². The van der Waals surface area contributed by atoms with Crippen molar-refractivity contribution in [3.8, 4) is 5.75 Å². The van der Waals surface area contributed by atoms with Gasteiger partial charge in [0.1, 0.15) is 5.75 Å². The fraction of sp³-hybridized carbons (Fsp3) is 0.370. The average Bonchev–Trinajstić information content (AvgIpc) is 2.82. The van der Waals surface area contributed by atoms with Gasteiger partial charge in [-0.25, -0.2) is 0 Å². The van der Waals surface area contributed by atoms with Crippen LogP contribution in [0.1, 0.15) is 61.1 Å². The summed E-state index contributed by atoms with van der Waals surface area (Å²) in [5.41, 5.74) is 3.73. The van der Waals surface area contributed by atoms with Gasteiger partial charge in [-0.05, 0) is 69.5 Å². The van der Waals surface area contributed by atoms with Crippen LogP contribution in [0.4, 0.5) is 5.69 Å². The van der Waals surface area contributed by atoms with E-state index in [1.54, 1.807) is 7.11 Å². The van der Waals surface area contributed by atoms with Crippen LogP contribution in [0.15, 0.2) is 48.5 Å². The van der Waals surface area contributed by atoms with E-state index in [-0.39, 0.29) is 29.8 Å². The molecule has 172 valence electrons. The standard InChI is InChI=1S/C27H31N3O3/c1-6-16(2)28-26(31)23-13-17(3)30(25-10-8-7-9-21(23)25)27(32)22-15-19-14-20(33-5)11-12-24(19)29-18(22)4/h7-12,14-17,23H,6,13H2,1-5H3,(H,28,31)/t16-,17-,23-/m0/s1. The van der Waals surface area contributed by atoms with Crippen LogP contribution in [0.2, 0.25) is 0 Å². The maximum absolute atomic E-state index is 13.8. The number of nitrogens with one attached hydrogen (secondary N) is 1. The van der Waals surface area contributed by atoms with Crippen LogP contribution in [-0.2, 0) is 4.79 Å². The summed E-state index contributed by atoms with van der Waals surface area (Å²) in [5.74, 6) is 0.351. The zero-order valence-corrected chi connectivity index (χ0v) is 19.9. The van der Waals surface area contributed by atoms with Gasteiger partial charge in [0.25, 0.3) is 5.91 Å². The predicted octanol–water partition coefficient (Wildman–Crippen LogP) is 4.99. The van der Waals surface area contributed by atoms with Gasteiger partial charge in [-0.15, -0.1) is 0 Å². The molecule has 2 heterocycles. The molecule has 33 heavy (non-hydrogen) atoms. The van der Waals surface area contributed by atoms with Crippen molar-refractivity contribution >= 4 is 28.4 Å². The molecule has 1 aromatic heterocycles. The van der Waals surface area contributed by atoms with Crippen molar-refractivity contribution in [3.05, 3.63) is 65.4 Å². The monoisotopic (exact) mass is 445 g/mol. The summed E-state index contributed by atoms with van der Waals surface area (Å²) in [5, 5.41) is 3.97. The molecule has 0 fully saturated rings. The fourth-order valence-corrected chi connectivity index (χ4v) is 4.54. The van der Waals surface area contributed by atoms with E-state index in [9.17, 15) is 9.59 Å². The Balaban J connectivity index is 1.74. The largest absolute Gasteiger partial charge is 0.497 e. The van der Waals surface area contributed by atoms with Gasteiger partial charge < -0.3 is 15.0 Å². The lowest BCUT2D eigenvalue weighted by Gasteiger charge is -2.39. The van der Waals surface area contributed by atoms with Crippen molar-refractivity contribution in [1.82, 2.24) is 10.3 Å². The summed E-state index contributed by atoms with van der Waals surface area (Å²) in [6.45, 7) is 7.93. The minimum absolute atomic E-state index is 0.0198. The Labute approximate surface area is 195 Å². The minimum atomic E-state index is -0.283. The molecule has 0 bridgehead atoms. The number of amides is 2. The molecule has 1 N–H and O–H groups in total. The van der Waals surface area contributed by atoms with Crippen molar-refractivity contribution in [3.63, 3.8) is 0 Å². The number of benzene rings is 2. The van der Waals surface area contributed by atoms with Crippen LogP contribution in [0.25, 0.3) is 10.9 Å². The van der Waals surface area contributed by atoms with Gasteiger partial charge in [0.2, 0.25) is 5.91 Å². The Morgan fingerprint density at radius 3 is 2.70 bits per heavy atom. The maximum atomic E-state index is 13.8. The third-order valence-corrected chi connectivity index (χ3v) is 6.57. The molecule has 0 saturated carbocycles. The number of aromatic nitrogens is 1. The summed E-state index contributed by atoms with van der Waals surface area (Å²) in [6.07, 6.45) is 1.44. The number of pyridine rings is 1. The number of fused-ring (bicyclic) bond motifs is 2. The number of carbonyl (C=O) groups is 2. The van der Waals surface area contributed by atoms with E-state index in [1.165, 1.54) is 0 Å². The first-order valence-electron chi connectivity index (χ1n) is 11.5. The third kappa shape index (κ3) is 4.30. The second-order valence-corrected chi connectivity index (χ2v) is 8.87. The van der Waals surface area contributed by atoms with Gasteiger partial charge in [0.05, 0.1) is 29.8 Å². The lowest BCUT2D eigenvalue weighted by atomic mass is 9.84. The number of nitrogens with zero attached hydrogens (tertiary/aromatic N) is 2. The minimum Gasteiger partial charge on any atom is -0.497 e. The molecule has 3 aromatic rings. The lowest BCUT2D eigenvalue weighted by molar-refractivity contribution is -0.123. The maximum Gasteiger partial charge on any atom is 0.260 e. The highest BCUT2D eigenvalue weighted by molar-refractivity contribution is 6.10. The number of para-hydroxylation sites is 1. The van der Waals surface area contributed by atoms with Crippen LogP contribution in [0.3, 0.4) is 0 Å². The van der Waals surface area contributed by atoms with Gasteiger partial charge in [0.15, 0.2) is 0 Å². The van der Waals surface area contributed by atoms with E-state index in [2.05, 4.69) is 17.2 Å². The van der Waals surface area contributed by atoms with E-state index in [0.717, 1.165) is 34.3 Å². The van der Waals surface area contributed by atoms with Crippen LogP contribution in [-0.4, -0.2) is 36.0 Å². The zero-order valence-electron chi connectivity index (χ0n) is 19.9. The van der Waals surface area contributed by atoms with E-state index in [0.29, 0.717) is 17.7 Å². The molecule has 2 amide bonds. The predicted molar refractivity (Wildman–Crippen MR) is 131 cm³/mol. The highest BCUT2D eigenvalue weighted by Gasteiger charge is 2.37. The van der Waals surface area contributed by atoms with Gasteiger partial charge in [-0.1, -0.05) is 25.1 Å². The second kappa shape index (κ2) is 9.22. The number of carbonyl (C=O) groups excluding carboxylic acids is 2. The molecule has 0 unspecified atom stereocenters. The molecule has 0 spiro atoms. The Bertz CT molecular complexity index is 1210. The number of ether oxygens (including phenoxy) is 1. The summed E-state index contributed by atoms with van der Waals surface area (Å²) in [4.78, 5) is 33.4. The average molecular weight is 446 g/mol. The van der Waals surface area contributed by atoms with Crippen molar-refractivity contribution in [2.24, 2.45) is 0 Å². The number of hydrogen-bond donors (Lipinski definition) is 1. The van der Waals surface area contributed by atoms with Crippen LogP contribution >= 0.6 is 0 Å². The van der Waals surface area contributed by atoms with Gasteiger partial charge in [0, 0.05) is 23.2 Å². The van der Waals surface area contributed by atoms with Gasteiger partial charge in [-0.2, -0.15) is 0 Å². The summed E-state index contributed by atoms with van der Waals surface area (Å²) < 4.78 is 5.34. The molecule has 6 heteroatoms. The van der Waals surface area contributed by atoms with Gasteiger partial charge in [-0.3, -0.25) is 14.6 Å². The zero-order chi connectivity index (χ0) is 23.7. The van der Waals surface area contributed by atoms with Gasteiger partial charge >= 0.3 is 0 Å².